The quantitative estimate of drug-likeness (QED) is 0.880. The van der Waals surface area contributed by atoms with Crippen molar-refractivity contribution >= 4 is 0 Å². The van der Waals surface area contributed by atoms with Gasteiger partial charge in [-0.3, -0.25) is 0 Å². The van der Waals surface area contributed by atoms with Crippen LogP contribution in [0.15, 0.2) is 36.4 Å². The zero-order valence-electron chi connectivity index (χ0n) is 13.4. The van der Waals surface area contributed by atoms with E-state index >= 15 is 0 Å². The smallest absolute Gasteiger partial charge is 0.124 e. The predicted molar refractivity (Wildman–Crippen MR) is 88.9 cm³/mol. The van der Waals surface area contributed by atoms with Crippen molar-refractivity contribution in [2.24, 2.45) is 5.73 Å². The van der Waals surface area contributed by atoms with Crippen molar-refractivity contribution in [3.05, 3.63) is 64.2 Å². The van der Waals surface area contributed by atoms with E-state index in [0.717, 1.165) is 24.3 Å². The second kappa shape index (κ2) is 6.77. The molecule has 0 saturated carbocycles. The Bertz CT molecular complexity index is 596. The van der Waals surface area contributed by atoms with Crippen LogP contribution in [0.1, 0.15) is 47.2 Å². The molecule has 0 aliphatic heterocycles. The lowest BCUT2D eigenvalue weighted by Crippen LogP contribution is -2.16. The maximum absolute atomic E-state index is 6.56. The Morgan fingerprint density at radius 3 is 2.29 bits per heavy atom. The van der Waals surface area contributed by atoms with Gasteiger partial charge in [-0.05, 0) is 49.9 Å². The van der Waals surface area contributed by atoms with Crippen LogP contribution in [0.3, 0.4) is 0 Å². The molecule has 2 rings (SSSR count). The number of para-hydroxylation sites is 1. The molecule has 0 aliphatic rings. The van der Waals surface area contributed by atoms with Gasteiger partial charge < -0.3 is 10.5 Å². The van der Waals surface area contributed by atoms with Gasteiger partial charge in [0.25, 0.3) is 0 Å². The molecule has 2 heteroatoms. The summed E-state index contributed by atoms with van der Waals surface area (Å²) in [7, 11) is 0. The molecule has 1 unspecified atom stereocenters. The van der Waals surface area contributed by atoms with Crippen molar-refractivity contribution in [1.29, 1.82) is 0 Å². The van der Waals surface area contributed by atoms with E-state index in [0.29, 0.717) is 0 Å². The average Bonchev–Trinajstić information content (AvgIpc) is 2.44. The molecule has 0 fully saturated rings. The van der Waals surface area contributed by atoms with Gasteiger partial charge in [0, 0.05) is 5.56 Å². The predicted octanol–water partition coefficient (Wildman–Crippen LogP) is 4.45. The molecule has 0 radical (unpaired) electrons. The average molecular weight is 283 g/mol. The van der Waals surface area contributed by atoms with Gasteiger partial charge in [0.05, 0.1) is 12.6 Å². The van der Waals surface area contributed by atoms with Crippen LogP contribution in [-0.4, -0.2) is 6.61 Å². The van der Waals surface area contributed by atoms with Crippen molar-refractivity contribution in [3.63, 3.8) is 0 Å². The van der Waals surface area contributed by atoms with Crippen LogP contribution in [0, 0.1) is 20.8 Å². The van der Waals surface area contributed by atoms with Crippen LogP contribution in [0.5, 0.6) is 5.75 Å². The van der Waals surface area contributed by atoms with E-state index < -0.39 is 0 Å². The van der Waals surface area contributed by atoms with Gasteiger partial charge in [0.2, 0.25) is 0 Å². The number of rotatable bonds is 5. The van der Waals surface area contributed by atoms with Gasteiger partial charge in [-0.25, -0.2) is 0 Å². The summed E-state index contributed by atoms with van der Waals surface area (Å²) in [6.07, 6.45) is 0.992. The summed E-state index contributed by atoms with van der Waals surface area (Å²) in [6.45, 7) is 9.20. The fourth-order valence-electron chi connectivity index (χ4n) is 2.92. The molecule has 0 aliphatic carbocycles. The normalized spacial score (nSPS) is 12.2. The highest BCUT2D eigenvalue weighted by Gasteiger charge is 2.18. The zero-order chi connectivity index (χ0) is 15.4. The molecule has 0 heterocycles. The lowest BCUT2D eigenvalue weighted by Gasteiger charge is -2.21. The molecule has 2 N–H and O–H groups in total. The molecule has 112 valence electrons. The van der Waals surface area contributed by atoms with Crippen molar-refractivity contribution in [2.45, 2.75) is 40.2 Å². The van der Waals surface area contributed by atoms with Crippen LogP contribution >= 0.6 is 0 Å². The van der Waals surface area contributed by atoms with E-state index in [9.17, 15) is 0 Å². The standard InChI is InChI=1S/C19H25NO/c1-5-10-21-17-9-7-6-8-16(17)19(20)18-14(3)11-13(2)12-15(18)4/h6-9,11-12,19H,5,10,20H2,1-4H3. The number of nitrogens with two attached hydrogens (primary N) is 1. The zero-order valence-corrected chi connectivity index (χ0v) is 13.4. The first-order valence-corrected chi connectivity index (χ1v) is 7.59. The maximum Gasteiger partial charge on any atom is 0.124 e. The van der Waals surface area contributed by atoms with Crippen molar-refractivity contribution in [3.8, 4) is 5.75 Å². The molecule has 2 aromatic rings. The third kappa shape index (κ3) is 3.45. The van der Waals surface area contributed by atoms with Gasteiger partial charge in [0.15, 0.2) is 0 Å². The van der Waals surface area contributed by atoms with E-state index in [1.54, 1.807) is 0 Å². The summed E-state index contributed by atoms with van der Waals surface area (Å²) in [5.41, 5.74) is 12.6. The largest absolute Gasteiger partial charge is 0.493 e. The summed E-state index contributed by atoms with van der Waals surface area (Å²) >= 11 is 0. The molecular weight excluding hydrogens is 258 g/mol. The van der Waals surface area contributed by atoms with Crippen LogP contribution in [0.2, 0.25) is 0 Å². The number of benzene rings is 2. The van der Waals surface area contributed by atoms with Crippen molar-refractivity contribution < 1.29 is 4.74 Å². The van der Waals surface area contributed by atoms with Crippen molar-refractivity contribution in [2.75, 3.05) is 6.61 Å². The Labute approximate surface area is 127 Å². The molecule has 21 heavy (non-hydrogen) atoms. The Hall–Kier alpha value is -1.80. The highest BCUT2D eigenvalue weighted by atomic mass is 16.5. The first-order valence-electron chi connectivity index (χ1n) is 7.59. The molecule has 0 bridgehead atoms. The summed E-state index contributed by atoms with van der Waals surface area (Å²) in [5.74, 6) is 0.895. The highest BCUT2D eigenvalue weighted by molar-refractivity contribution is 5.47. The monoisotopic (exact) mass is 283 g/mol. The SMILES string of the molecule is CCCOc1ccccc1C(N)c1c(C)cc(C)cc1C. The lowest BCUT2D eigenvalue weighted by molar-refractivity contribution is 0.313. The van der Waals surface area contributed by atoms with Crippen LogP contribution < -0.4 is 10.5 Å². The summed E-state index contributed by atoms with van der Waals surface area (Å²) in [4.78, 5) is 0. The van der Waals surface area contributed by atoms with E-state index in [2.05, 4.69) is 45.9 Å². The Balaban J connectivity index is 2.43. The summed E-state index contributed by atoms with van der Waals surface area (Å²) in [5, 5.41) is 0. The van der Waals surface area contributed by atoms with Gasteiger partial charge in [-0.2, -0.15) is 0 Å². The van der Waals surface area contributed by atoms with E-state index in [1.165, 1.54) is 22.3 Å². The molecule has 0 amide bonds. The fourth-order valence-corrected chi connectivity index (χ4v) is 2.92. The van der Waals surface area contributed by atoms with Crippen LogP contribution in [0.4, 0.5) is 0 Å². The minimum atomic E-state index is -0.154. The first-order chi connectivity index (χ1) is 10.0. The number of hydrogen-bond donors (Lipinski definition) is 1. The van der Waals surface area contributed by atoms with Gasteiger partial charge in [-0.1, -0.05) is 42.8 Å². The fraction of sp³-hybridized carbons (Fsp3) is 0.368. The second-order valence-electron chi connectivity index (χ2n) is 5.68. The third-order valence-electron chi connectivity index (χ3n) is 3.76. The maximum atomic E-state index is 6.56. The second-order valence-corrected chi connectivity index (χ2v) is 5.68. The van der Waals surface area contributed by atoms with E-state index in [-0.39, 0.29) is 6.04 Å². The number of ether oxygens (including phenoxy) is 1. The Kier molecular flexibility index (Phi) is 5.03. The lowest BCUT2D eigenvalue weighted by atomic mass is 9.90. The van der Waals surface area contributed by atoms with Crippen LogP contribution in [0.25, 0.3) is 0 Å². The minimum absolute atomic E-state index is 0.154. The topological polar surface area (TPSA) is 35.2 Å². The Morgan fingerprint density at radius 1 is 1.05 bits per heavy atom. The molecule has 0 saturated heterocycles. The minimum Gasteiger partial charge on any atom is -0.493 e. The van der Waals surface area contributed by atoms with E-state index in [4.69, 9.17) is 10.5 Å². The van der Waals surface area contributed by atoms with Gasteiger partial charge >= 0.3 is 0 Å². The number of hydrogen-bond acceptors (Lipinski definition) is 2. The van der Waals surface area contributed by atoms with Crippen molar-refractivity contribution in [1.82, 2.24) is 0 Å². The third-order valence-corrected chi connectivity index (χ3v) is 3.76. The summed E-state index contributed by atoms with van der Waals surface area (Å²) < 4.78 is 5.85. The van der Waals surface area contributed by atoms with E-state index in [1.807, 2.05) is 18.2 Å². The molecule has 0 aromatic heterocycles. The van der Waals surface area contributed by atoms with Crippen LogP contribution in [-0.2, 0) is 0 Å². The molecule has 2 nitrogen and oxygen atoms in total. The van der Waals surface area contributed by atoms with Gasteiger partial charge in [0.1, 0.15) is 5.75 Å². The Morgan fingerprint density at radius 2 is 1.67 bits per heavy atom. The molecular formula is C19H25NO. The molecule has 2 aromatic carbocycles. The van der Waals surface area contributed by atoms with Gasteiger partial charge in [-0.15, -0.1) is 0 Å². The molecule has 1 atom stereocenters. The highest BCUT2D eigenvalue weighted by Crippen LogP contribution is 2.32. The summed E-state index contributed by atoms with van der Waals surface area (Å²) in [6, 6.07) is 12.3. The first kappa shape index (κ1) is 15.6. The number of aryl methyl sites for hydroxylation is 3. The molecule has 0 spiro atoms.